The van der Waals surface area contributed by atoms with Gasteiger partial charge in [0, 0.05) is 13.1 Å². The van der Waals surface area contributed by atoms with Crippen LogP contribution in [0.1, 0.15) is 12.0 Å². The molecule has 6 heteroatoms. The molecule has 19 heavy (non-hydrogen) atoms. The molecule has 1 atom stereocenters. The number of aliphatic hydroxyl groups is 1. The molecule has 2 N–H and O–H groups in total. The van der Waals surface area contributed by atoms with Gasteiger partial charge in [-0.1, -0.05) is 30.3 Å². The van der Waals surface area contributed by atoms with Gasteiger partial charge in [0.15, 0.2) is 0 Å². The fourth-order valence-corrected chi connectivity index (χ4v) is 1.44. The van der Waals surface area contributed by atoms with Crippen LogP contribution in [0.15, 0.2) is 30.3 Å². The largest absolute Gasteiger partial charge is 0.390 e. The van der Waals surface area contributed by atoms with Gasteiger partial charge in [0.1, 0.15) is 0 Å². The van der Waals surface area contributed by atoms with Crippen LogP contribution in [0.5, 0.6) is 0 Å². The number of aliphatic hydroxyl groups excluding tert-OH is 1. The Hall–Kier alpha value is -1.11. The zero-order chi connectivity index (χ0) is 14.1. The highest BCUT2D eigenvalue weighted by Gasteiger charge is 2.25. The summed E-state index contributed by atoms with van der Waals surface area (Å²) in [4.78, 5) is 0. The number of nitrogens with one attached hydrogen (secondary N) is 1. The maximum atomic E-state index is 11.8. The number of alkyl halides is 3. The summed E-state index contributed by atoms with van der Waals surface area (Å²) in [6.07, 6.45) is -5.87. The van der Waals surface area contributed by atoms with Crippen LogP contribution in [0.4, 0.5) is 13.2 Å². The normalized spacial score (nSPS) is 13.5. The minimum absolute atomic E-state index is 0.0882. The maximum Gasteiger partial charge on any atom is 0.390 e. The molecule has 1 aromatic rings. The second-order valence-electron chi connectivity index (χ2n) is 4.22. The van der Waals surface area contributed by atoms with E-state index in [9.17, 15) is 18.3 Å². The molecule has 0 aliphatic rings. The molecular weight excluding hydrogens is 259 g/mol. The fraction of sp³-hybridized carbons (Fsp3) is 0.538. The van der Waals surface area contributed by atoms with Gasteiger partial charge < -0.3 is 15.2 Å². The minimum Gasteiger partial charge on any atom is -0.389 e. The average Bonchev–Trinajstić information content (AvgIpc) is 2.35. The van der Waals surface area contributed by atoms with Crippen LogP contribution in [0.3, 0.4) is 0 Å². The fourth-order valence-electron chi connectivity index (χ4n) is 1.44. The smallest absolute Gasteiger partial charge is 0.389 e. The third kappa shape index (κ3) is 8.58. The number of halogens is 3. The molecule has 0 amide bonds. The van der Waals surface area contributed by atoms with Crippen molar-refractivity contribution in [2.45, 2.75) is 25.3 Å². The highest BCUT2D eigenvalue weighted by molar-refractivity contribution is 5.13. The lowest BCUT2D eigenvalue weighted by atomic mass is 10.2. The van der Waals surface area contributed by atoms with Gasteiger partial charge in [0.2, 0.25) is 0 Å². The van der Waals surface area contributed by atoms with E-state index < -0.39 is 18.7 Å². The van der Waals surface area contributed by atoms with E-state index >= 15 is 0 Å². The molecule has 0 aromatic heterocycles. The van der Waals surface area contributed by atoms with E-state index in [0.717, 1.165) is 5.56 Å². The van der Waals surface area contributed by atoms with Crippen LogP contribution in [-0.4, -0.2) is 37.1 Å². The summed E-state index contributed by atoms with van der Waals surface area (Å²) in [6.45, 7) is 0.360. The first kappa shape index (κ1) is 15.9. The molecule has 0 radical (unpaired) electrons. The summed E-state index contributed by atoms with van der Waals surface area (Å²) in [5.41, 5.74) is 0.986. The van der Waals surface area contributed by atoms with E-state index in [1.54, 1.807) is 0 Å². The highest BCUT2D eigenvalue weighted by Crippen LogP contribution is 2.17. The minimum atomic E-state index is -4.16. The van der Waals surface area contributed by atoms with Crippen LogP contribution < -0.4 is 5.32 Å². The molecule has 0 fully saturated rings. The molecule has 0 heterocycles. The van der Waals surface area contributed by atoms with Gasteiger partial charge in [-0.05, 0) is 5.56 Å². The Balaban J connectivity index is 2.04. The quantitative estimate of drug-likeness (QED) is 0.715. The van der Waals surface area contributed by atoms with Crippen LogP contribution in [0, 0.1) is 0 Å². The lowest BCUT2D eigenvalue weighted by Gasteiger charge is -2.13. The van der Waals surface area contributed by atoms with Crippen molar-refractivity contribution < 1.29 is 23.0 Å². The Morgan fingerprint density at radius 2 is 1.89 bits per heavy atom. The van der Waals surface area contributed by atoms with Crippen LogP contribution >= 0.6 is 0 Å². The predicted molar refractivity (Wildman–Crippen MR) is 65.6 cm³/mol. The Morgan fingerprint density at radius 1 is 1.21 bits per heavy atom. The first-order valence-electron chi connectivity index (χ1n) is 6.04. The summed E-state index contributed by atoms with van der Waals surface area (Å²) in [5, 5.41) is 12.0. The molecule has 1 rings (SSSR count). The molecule has 0 aliphatic heterocycles. The lowest BCUT2D eigenvalue weighted by molar-refractivity contribution is -0.133. The van der Waals surface area contributed by atoms with Crippen molar-refractivity contribution in [3.8, 4) is 0 Å². The second-order valence-corrected chi connectivity index (χ2v) is 4.22. The lowest BCUT2D eigenvalue weighted by Crippen LogP contribution is -2.32. The van der Waals surface area contributed by atoms with Crippen molar-refractivity contribution in [2.75, 3.05) is 19.7 Å². The molecule has 1 aromatic carbocycles. The SMILES string of the molecule is OC(CNCCC(F)(F)F)COCc1ccccc1. The average molecular weight is 277 g/mol. The number of hydrogen-bond acceptors (Lipinski definition) is 3. The summed E-state index contributed by atoms with van der Waals surface area (Å²) in [5.74, 6) is 0. The summed E-state index contributed by atoms with van der Waals surface area (Å²) in [7, 11) is 0. The topological polar surface area (TPSA) is 41.5 Å². The molecule has 3 nitrogen and oxygen atoms in total. The van der Waals surface area contributed by atoms with Crippen molar-refractivity contribution in [3.63, 3.8) is 0 Å². The molecular formula is C13H18F3NO2. The Morgan fingerprint density at radius 3 is 2.53 bits per heavy atom. The van der Waals surface area contributed by atoms with Crippen molar-refractivity contribution in [2.24, 2.45) is 0 Å². The molecule has 108 valence electrons. The van der Waals surface area contributed by atoms with E-state index in [0.29, 0.717) is 6.61 Å². The first-order valence-corrected chi connectivity index (χ1v) is 6.04. The van der Waals surface area contributed by atoms with Gasteiger partial charge in [-0.15, -0.1) is 0 Å². The third-order valence-corrected chi connectivity index (χ3v) is 2.39. The standard InChI is InChI=1S/C13H18F3NO2/c14-13(15,16)6-7-17-8-12(18)10-19-9-11-4-2-1-3-5-11/h1-5,12,17-18H,6-10H2. The van der Waals surface area contributed by atoms with Gasteiger partial charge in [0.05, 0.1) is 25.7 Å². The second kappa shape index (κ2) is 8.14. The Kier molecular flexibility index (Phi) is 6.83. The summed E-state index contributed by atoms with van der Waals surface area (Å²) in [6, 6.07) is 9.45. The van der Waals surface area contributed by atoms with Crippen molar-refractivity contribution >= 4 is 0 Å². The Bertz CT molecular complexity index is 343. The number of ether oxygens (including phenoxy) is 1. The molecule has 0 spiro atoms. The monoisotopic (exact) mass is 277 g/mol. The van der Waals surface area contributed by atoms with E-state index in [4.69, 9.17) is 4.74 Å². The van der Waals surface area contributed by atoms with Gasteiger partial charge in [-0.2, -0.15) is 13.2 Å². The molecule has 0 saturated heterocycles. The van der Waals surface area contributed by atoms with E-state index in [2.05, 4.69) is 5.32 Å². The maximum absolute atomic E-state index is 11.8. The number of benzene rings is 1. The zero-order valence-corrected chi connectivity index (χ0v) is 10.5. The van der Waals surface area contributed by atoms with Gasteiger partial charge in [-0.25, -0.2) is 0 Å². The molecule has 0 bridgehead atoms. The number of rotatable bonds is 8. The number of hydrogen-bond donors (Lipinski definition) is 2. The summed E-state index contributed by atoms with van der Waals surface area (Å²) < 4.78 is 40.8. The zero-order valence-electron chi connectivity index (χ0n) is 10.5. The van der Waals surface area contributed by atoms with Gasteiger partial charge in [0.25, 0.3) is 0 Å². The molecule has 1 unspecified atom stereocenters. The predicted octanol–water partition coefficient (Wildman–Crippen LogP) is 2.11. The van der Waals surface area contributed by atoms with Crippen molar-refractivity contribution in [1.82, 2.24) is 5.32 Å². The Labute approximate surface area is 110 Å². The third-order valence-electron chi connectivity index (χ3n) is 2.39. The van der Waals surface area contributed by atoms with Crippen molar-refractivity contribution in [1.29, 1.82) is 0 Å². The van der Waals surface area contributed by atoms with E-state index in [1.807, 2.05) is 30.3 Å². The van der Waals surface area contributed by atoms with E-state index in [-0.39, 0.29) is 19.7 Å². The van der Waals surface area contributed by atoms with E-state index in [1.165, 1.54) is 0 Å². The molecule has 0 saturated carbocycles. The molecule has 0 aliphatic carbocycles. The summed E-state index contributed by atoms with van der Waals surface area (Å²) >= 11 is 0. The van der Waals surface area contributed by atoms with Crippen LogP contribution in [0.25, 0.3) is 0 Å². The van der Waals surface area contributed by atoms with Gasteiger partial charge >= 0.3 is 6.18 Å². The van der Waals surface area contributed by atoms with Crippen LogP contribution in [0.2, 0.25) is 0 Å². The van der Waals surface area contributed by atoms with Gasteiger partial charge in [-0.3, -0.25) is 0 Å². The first-order chi connectivity index (χ1) is 8.97. The van der Waals surface area contributed by atoms with Crippen LogP contribution in [-0.2, 0) is 11.3 Å². The van der Waals surface area contributed by atoms with Crippen molar-refractivity contribution in [3.05, 3.63) is 35.9 Å². The highest BCUT2D eigenvalue weighted by atomic mass is 19.4.